The normalized spacial score (nSPS) is 16.0. The Morgan fingerprint density at radius 3 is 2.76 bits per heavy atom. The van der Waals surface area contributed by atoms with Gasteiger partial charge in [0.2, 0.25) is 17.1 Å². The van der Waals surface area contributed by atoms with E-state index in [1.54, 1.807) is 6.07 Å². The average Bonchev–Trinajstić information content (AvgIpc) is 2.61. The highest BCUT2D eigenvalue weighted by atomic mass is 16.8. The molecule has 0 radical (unpaired) electrons. The largest absolute Gasteiger partial charge is 0.733 e. The molecule has 1 aromatic carbocycles. The first-order valence-electron chi connectivity index (χ1n) is 7.08. The van der Waals surface area contributed by atoms with Crippen LogP contribution < -0.4 is 21.1 Å². The van der Waals surface area contributed by atoms with E-state index in [2.05, 4.69) is 0 Å². The third-order valence-corrected chi connectivity index (χ3v) is 3.74. The minimum Gasteiger partial charge on any atom is -0.733 e. The van der Waals surface area contributed by atoms with Gasteiger partial charge >= 0.3 is 0 Å². The van der Waals surface area contributed by atoms with Crippen molar-refractivity contribution in [3.05, 3.63) is 74.3 Å². The van der Waals surface area contributed by atoms with Gasteiger partial charge in [-0.05, 0) is 11.6 Å². The third-order valence-electron chi connectivity index (χ3n) is 3.74. The first-order chi connectivity index (χ1) is 12.0. The topological polar surface area (TPSA) is 156 Å². The van der Waals surface area contributed by atoms with Crippen molar-refractivity contribution in [2.75, 3.05) is 5.23 Å². The van der Waals surface area contributed by atoms with Gasteiger partial charge in [-0.1, -0.05) is 18.2 Å². The Hall–Kier alpha value is -3.32. The standard InChI is InChI=1S/C16H12N3O6/c17-6-10-13(9-3-1-2-4-11(9)19(22)23)15-14(25-16(10)18)12(21)5-8(7-20)24-15/h1-5,13,20,22H,7,18H2/q-1/t13-/m0/s1. The van der Waals surface area contributed by atoms with E-state index in [1.165, 1.54) is 18.2 Å². The number of aliphatic hydroxyl groups excluding tert-OH is 1. The fourth-order valence-electron chi connectivity index (χ4n) is 2.68. The number of aliphatic hydroxyl groups is 1. The summed E-state index contributed by atoms with van der Waals surface area (Å²) in [6.45, 7) is -0.550. The molecule has 1 aliphatic heterocycles. The maximum atomic E-state index is 12.2. The lowest BCUT2D eigenvalue weighted by Crippen LogP contribution is -2.26. The second-order valence-corrected chi connectivity index (χ2v) is 5.19. The predicted octanol–water partition coefficient (Wildman–Crippen LogP) is 1.04. The van der Waals surface area contributed by atoms with Crippen molar-refractivity contribution >= 4 is 5.69 Å². The molecule has 0 unspecified atom stereocenters. The van der Waals surface area contributed by atoms with Crippen LogP contribution in [0.2, 0.25) is 0 Å². The molecule has 2 heterocycles. The van der Waals surface area contributed by atoms with E-state index in [4.69, 9.17) is 14.9 Å². The van der Waals surface area contributed by atoms with E-state index in [0.717, 1.165) is 6.07 Å². The summed E-state index contributed by atoms with van der Waals surface area (Å²) in [6, 6.07) is 8.81. The van der Waals surface area contributed by atoms with Gasteiger partial charge in [0.1, 0.15) is 24.0 Å². The lowest BCUT2D eigenvalue weighted by atomic mass is 9.86. The van der Waals surface area contributed by atoms with Gasteiger partial charge in [-0.2, -0.15) is 5.26 Å². The first kappa shape index (κ1) is 16.5. The summed E-state index contributed by atoms with van der Waals surface area (Å²) in [4.78, 5) is 12.2. The zero-order chi connectivity index (χ0) is 18.1. The molecule has 0 saturated carbocycles. The summed E-state index contributed by atoms with van der Waals surface area (Å²) in [7, 11) is 0. The van der Waals surface area contributed by atoms with Crippen molar-refractivity contribution in [3.63, 3.8) is 0 Å². The fourth-order valence-corrected chi connectivity index (χ4v) is 2.68. The molecule has 1 aliphatic rings. The van der Waals surface area contributed by atoms with Gasteiger partial charge in [0.15, 0.2) is 5.76 Å². The number of rotatable bonds is 3. The van der Waals surface area contributed by atoms with Crippen LogP contribution in [0.15, 0.2) is 51.0 Å². The van der Waals surface area contributed by atoms with E-state index < -0.39 is 18.0 Å². The summed E-state index contributed by atoms with van der Waals surface area (Å²) in [5.74, 6) is -1.75. The number of benzene rings is 1. The number of para-hydroxylation sites is 1. The van der Waals surface area contributed by atoms with Gasteiger partial charge in [-0.3, -0.25) is 10.0 Å². The van der Waals surface area contributed by atoms with Gasteiger partial charge in [0, 0.05) is 6.07 Å². The van der Waals surface area contributed by atoms with Crippen LogP contribution in [0.25, 0.3) is 0 Å². The Morgan fingerprint density at radius 1 is 1.40 bits per heavy atom. The van der Waals surface area contributed by atoms with Crippen molar-refractivity contribution in [3.8, 4) is 11.8 Å². The van der Waals surface area contributed by atoms with Crippen LogP contribution in [0.4, 0.5) is 5.69 Å². The summed E-state index contributed by atoms with van der Waals surface area (Å²) in [5, 5.41) is 39.2. The summed E-state index contributed by atoms with van der Waals surface area (Å²) in [6.07, 6.45) is 0. The van der Waals surface area contributed by atoms with Crippen molar-refractivity contribution in [1.82, 2.24) is 0 Å². The number of hydrogen-bond acceptors (Lipinski definition) is 9. The number of nitrogens with zero attached hydrogens (tertiary/aromatic N) is 2. The highest BCUT2D eigenvalue weighted by Gasteiger charge is 2.36. The van der Waals surface area contributed by atoms with Crippen LogP contribution >= 0.6 is 0 Å². The quantitative estimate of drug-likeness (QED) is 0.693. The van der Waals surface area contributed by atoms with Gasteiger partial charge in [-0.15, -0.1) is 0 Å². The van der Waals surface area contributed by atoms with Crippen molar-refractivity contribution < 1.29 is 19.5 Å². The molecule has 4 N–H and O–H groups in total. The maximum absolute atomic E-state index is 12.2. The second-order valence-electron chi connectivity index (χ2n) is 5.19. The first-order valence-corrected chi connectivity index (χ1v) is 7.08. The van der Waals surface area contributed by atoms with Gasteiger partial charge in [-0.25, -0.2) is 0 Å². The molecule has 0 bridgehead atoms. The Bertz CT molecular complexity index is 957. The zero-order valence-corrected chi connectivity index (χ0v) is 12.7. The SMILES string of the molecule is N#CC1=C(N)Oc2c(oc(CO)cc2=O)[C@H]1c1ccccc1N([O-])O. The Balaban J connectivity index is 2.34. The van der Waals surface area contributed by atoms with Gasteiger partial charge in [0.05, 0.1) is 11.6 Å². The van der Waals surface area contributed by atoms with Gasteiger partial charge < -0.3 is 30.4 Å². The molecule has 1 atom stereocenters. The number of ether oxygens (including phenoxy) is 1. The minimum absolute atomic E-state index is 0.0458. The number of allylic oxidation sites excluding steroid dienone is 1. The van der Waals surface area contributed by atoms with Crippen LogP contribution in [0.5, 0.6) is 5.75 Å². The zero-order valence-electron chi connectivity index (χ0n) is 12.7. The molecule has 0 aliphatic carbocycles. The number of hydrogen-bond donors (Lipinski definition) is 3. The van der Waals surface area contributed by atoms with E-state index in [9.17, 15) is 25.6 Å². The summed E-state index contributed by atoms with van der Waals surface area (Å²) >= 11 is 0. The van der Waals surface area contributed by atoms with E-state index in [1.807, 2.05) is 6.07 Å². The van der Waals surface area contributed by atoms with E-state index in [-0.39, 0.29) is 45.2 Å². The minimum atomic E-state index is -1.06. The number of nitrogens with two attached hydrogens (primary N) is 1. The van der Waals surface area contributed by atoms with E-state index in [0.29, 0.717) is 0 Å². The molecule has 128 valence electrons. The number of fused-ring (bicyclic) bond motifs is 1. The van der Waals surface area contributed by atoms with Crippen LogP contribution in [0.3, 0.4) is 0 Å². The second kappa shape index (κ2) is 6.29. The molecule has 9 heteroatoms. The summed E-state index contributed by atoms with van der Waals surface area (Å²) in [5.41, 5.74) is 5.08. The molecular weight excluding hydrogens is 330 g/mol. The Morgan fingerprint density at radius 2 is 2.12 bits per heavy atom. The number of nitriles is 1. The average molecular weight is 342 g/mol. The molecule has 0 amide bonds. The Labute approximate surface area is 140 Å². The van der Waals surface area contributed by atoms with Crippen LogP contribution in [0, 0.1) is 16.5 Å². The maximum Gasteiger partial charge on any atom is 0.228 e. The molecule has 9 nitrogen and oxygen atoms in total. The number of anilines is 1. The fraction of sp³-hybridized carbons (Fsp3) is 0.125. The molecule has 1 aromatic heterocycles. The van der Waals surface area contributed by atoms with Crippen molar-refractivity contribution in [2.45, 2.75) is 12.5 Å². The molecule has 3 rings (SSSR count). The van der Waals surface area contributed by atoms with Crippen LogP contribution in [0.1, 0.15) is 23.0 Å². The van der Waals surface area contributed by atoms with Crippen LogP contribution in [-0.2, 0) is 6.61 Å². The van der Waals surface area contributed by atoms with Crippen LogP contribution in [-0.4, -0.2) is 10.3 Å². The highest BCUT2D eigenvalue weighted by Crippen LogP contribution is 2.43. The smallest absolute Gasteiger partial charge is 0.228 e. The Kier molecular flexibility index (Phi) is 4.16. The molecule has 0 spiro atoms. The van der Waals surface area contributed by atoms with Crippen molar-refractivity contribution in [1.29, 1.82) is 5.26 Å². The van der Waals surface area contributed by atoms with Crippen molar-refractivity contribution in [2.24, 2.45) is 5.73 Å². The monoisotopic (exact) mass is 342 g/mol. The third kappa shape index (κ3) is 2.70. The lowest BCUT2D eigenvalue weighted by Gasteiger charge is -2.30. The molecule has 25 heavy (non-hydrogen) atoms. The molecule has 0 fully saturated rings. The lowest BCUT2D eigenvalue weighted by molar-refractivity contribution is 0.231. The highest BCUT2D eigenvalue weighted by molar-refractivity contribution is 5.62. The summed E-state index contributed by atoms with van der Waals surface area (Å²) < 4.78 is 10.7. The molecular formula is C16H12N3O6-. The van der Waals surface area contributed by atoms with E-state index >= 15 is 0 Å². The molecule has 2 aromatic rings. The predicted molar refractivity (Wildman–Crippen MR) is 84.3 cm³/mol. The van der Waals surface area contributed by atoms with Gasteiger partial charge in [0.25, 0.3) is 0 Å². The molecule has 0 saturated heterocycles.